The van der Waals surface area contributed by atoms with Crippen LogP contribution in [-0.4, -0.2) is 11.1 Å². The quantitative estimate of drug-likeness (QED) is 0.763. The molecule has 3 heteroatoms. The largest absolute Gasteiger partial charge is 0.478 e. The number of aromatic carboxylic acids is 1. The Morgan fingerprint density at radius 3 is 2.46 bits per heavy atom. The van der Waals surface area contributed by atoms with Crippen molar-refractivity contribution < 1.29 is 14.3 Å². The van der Waals surface area contributed by atoms with E-state index in [9.17, 15) is 9.18 Å². The Morgan fingerprint density at radius 1 is 1.46 bits per heavy atom. The second kappa shape index (κ2) is 3.56. The van der Waals surface area contributed by atoms with Gasteiger partial charge in [0, 0.05) is 0 Å². The van der Waals surface area contributed by atoms with Crippen molar-refractivity contribution >= 4 is 5.97 Å². The molecule has 0 bridgehead atoms. The first-order valence-electron chi connectivity index (χ1n) is 4.05. The van der Waals surface area contributed by atoms with Gasteiger partial charge in [-0.15, -0.1) is 0 Å². The van der Waals surface area contributed by atoms with Gasteiger partial charge in [-0.3, -0.25) is 0 Å². The first kappa shape index (κ1) is 9.71. The van der Waals surface area contributed by atoms with Crippen molar-refractivity contribution in [3.63, 3.8) is 0 Å². The highest BCUT2D eigenvalue weighted by atomic mass is 19.1. The normalized spacial score (nSPS) is 10.5. The third kappa shape index (κ3) is 2.05. The van der Waals surface area contributed by atoms with Gasteiger partial charge in [-0.2, -0.15) is 0 Å². The zero-order chi connectivity index (χ0) is 10.0. The predicted octanol–water partition coefficient (Wildman–Crippen LogP) is 2.65. The van der Waals surface area contributed by atoms with Crippen LogP contribution in [0.1, 0.15) is 35.7 Å². The van der Waals surface area contributed by atoms with Gasteiger partial charge in [0.15, 0.2) is 0 Å². The first-order chi connectivity index (χ1) is 6.02. The van der Waals surface area contributed by atoms with E-state index in [4.69, 9.17) is 5.11 Å². The Hall–Kier alpha value is -1.38. The number of carboxylic acids is 1. The summed E-state index contributed by atoms with van der Waals surface area (Å²) in [6, 6.07) is 4.21. The average molecular weight is 182 g/mol. The molecule has 1 aromatic carbocycles. The molecule has 0 aliphatic carbocycles. The highest BCUT2D eigenvalue weighted by Gasteiger charge is 2.11. The van der Waals surface area contributed by atoms with Crippen LogP contribution in [0.2, 0.25) is 0 Å². The van der Waals surface area contributed by atoms with Gasteiger partial charge >= 0.3 is 5.97 Å². The fraction of sp³-hybridized carbons (Fsp3) is 0.300. The van der Waals surface area contributed by atoms with Crippen LogP contribution in [0.4, 0.5) is 4.39 Å². The lowest BCUT2D eigenvalue weighted by atomic mass is 10.0. The summed E-state index contributed by atoms with van der Waals surface area (Å²) in [5.74, 6) is -1.69. The van der Waals surface area contributed by atoms with Crippen molar-refractivity contribution in [3.05, 3.63) is 35.1 Å². The summed E-state index contributed by atoms with van der Waals surface area (Å²) in [6.45, 7) is 3.85. The van der Waals surface area contributed by atoms with E-state index in [1.807, 2.05) is 13.8 Å². The molecule has 0 fully saturated rings. The zero-order valence-corrected chi connectivity index (χ0v) is 7.54. The lowest BCUT2D eigenvalue weighted by molar-refractivity contribution is 0.0692. The molecule has 1 N–H and O–H groups in total. The Labute approximate surface area is 76.0 Å². The van der Waals surface area contributed by atoms with Gasteiger partial charge in [0.25, 0.3) is 0 Å². The molecule has 2 nitrogen and oxygen atoms in total. The molecule has 0 atom stereocenters. The van der Waals surface area contributed by atoms with Gasteiger partial charge in [0.2, 0.25) is 0 Å². The van der Waals surface area contributed by atoms with Crippen LogP contribution in [0.25, 0.3) is 0 Å². The van der Waals surface area contributed by atoms with Crippen molar-refractivity contribution in [1.29, 1.82) is 0 Å². The summed E-state index contributed by atoms with van der Waals surface area (Å²) in [7, 11) is 0. The molecule has 0 saturated heterocycles. The highest BCUT2D eigenvalue weighted by Crippen LogP contribution is 2.17. The molecule has 1 aromatic rings. The van der Waals surface area contributed by atoms with Gasteiger partial charge < -0.3 is 5.11 Å². The van der Waals surface area contributed by atoms with Crippen LogP contribution < -0.4 is 0 Å². The van der Waals surface area contributed by atoms with Crippen LogP contribution in [0.3, 0.4) is 0 Å². The molecule has 0 aliphatic heterocycles. The Bertz CT molecular complexity index is 332. The van der Waals surface area contributed by atoms with Gasteiger partial charge in [-0.1, -0.05) is 19.9 Å². The lowest BCUT2D eigenvalue weighted by Crippen LogP contribution is -2.01. The minimum absolute atomic E-state index is 0.206. The van der Waals surface area contributed by atoms with E-state index in [-0.39, 0.29) is 11.5 Å². The number of benzene rings is 1. The molecule has 0 radical (unpaired) electrons. The molecule has 0 aromatic heterocycles. The molecule has 70 valence electrons. The molecule has 0 spiro atoms. The Kier molecular flexibility index (Phi) is 2.66. The summed E-state index contributed by atoms with van der Waals surface area (Å²) >= 11 is 0. The van der Waals surface area contributed by atoms with Gasteiger partial charge in [0.1, 0.15) is 5.82 Å². The number of hydrogen-bond acceptors (Lipinski definition) is 1. The topological polar surface area (TPSA) is 37.3 Å². The van der Waals surface area contributed by atoms with Crippen molar-refractivity contribution in [2.24, 2.45) is 0 Å². The molecule has 0 amide bonds. The third-order valence-corrected chi connectivity index (χ3v) is 1.89. The van der Waals surface area contributed by atoms with Crippen molar-refractivity contribution in [2.45, 2.75) is 19.8 Å². The second-order valence-corrected chi connectivity index (χ2v) is 3.20. The number of hydrogen-bond donors (Lipinski definition) is 1. The van der Waals surface area contributed by atoms with E-state index >= 15 is 0 Å². The Balaban J connectivity index is 3.13. The van der Waals surface area contributed by atoms with E-state index in [2.05, 4.69) is 0 Å². The lowest BCUT2D eigenvalue weighted by Gasteiger charge is -2.05. The highest BCUT2D eigenvalue weighted by molar-refractivity contribution is 5.87. The average Bonchev–Trinajstić information content (AvgIpc) is 2.03. The Morgan fingerprint density at radius 2 is 2.08 bits per heavy atom. The van der Waals surface area contributed by atoms with Crippen molar-refractivity contribution in [2.75, 3.05) is 0 Å². The summed E-state index contributed by atoms with van der Waals surface area (Å²) < 4.78 is 13.1. The van der Waals surface area contributed by atoms with Crippen LogP contribution in [0.5, 0.6) is 0 Å². The number of halogens is 1. The molecule has 0 heterocycles. The molecule has 13 heavy (non-hydrogen) atoms. The molecule has 1 rings (SSSR count). The van der Waals surface area contributed by atoms with Gasteiger partial charge in [-0.25, -0.2) is 9.18 Å². The van der Waals surface area contributed by atoms with Crippen LogP contribution in [0.15, 0.2) is 18.2 Å². The zero-order valence-electron chi connectivity index (χ0n) is 7.54. The van der Waals surface area contributed by atoms with Gasteiger partial charge in [0.05, 0.1) is 5.56 Å². The third-order valence-electron chi connectivity index (χ3n) is 1.89. The number of carboxylic acid groups (broad SMARTS) is 1. The maximum absolute atomic E-state index is 13.1. The van der Waals surface area contributed by atoms with E-state index in [1.54, 1.807) is 6.07 Å². The second-order valence-electron chi connectivity index (χ2n) is 3.20. The minimum Gasteiger partial charge on any atom is -0.478 e. The van der Waals surface area contributed by atoms with E-state index in [1.165, 1.54) is 12.1 Å². The maximum atomic E-state index is 13.1. The van der Waals surface area contributed by atoms with E-state index in [0.717, 1.165) is 5.56 Å². The monoisotopic (exact) mass is 182 g/mol. The standard InChI is InChI=1S/C10H11FO2/c1-6(2)7-3-4-8(10(12)13)9(11)5-7/h3-6H,1-2H3,(H,12,13). The van der Waals surface area contributed by atoms with Crippen LogP contribution in [0, 0.1) is 5.82 Å². The van der Waals surface area contributed by atoms with E-state index < -0.39 is 11.8 Å². The fourth-order valence-electron chi connectivity index (χ4n) is 1.06. The smallest absolute Gasteiger partial charge is 0.338 e. The van der Waals surface area contributed by atoms with Crippen LogP contribution >= 0.6 is 0 Å². The predicted molar refractivity (Wildman–Crippen MR) is 47.4 cm³/mol. The number of rotatable bonds is 2. The van der Waals surface area contributed by atoms with E-state index in [0.29, 0.717) is 0 Å². The SMILES string of the molecule is CC(C)c1ccc(C(=O)O)c(F)c1. The summed E-state index contributed by atoms with van der Waals surface area (Å²) in [6.07, 6.45) is 0. The molecular formula is C10H11FO2. The number of carbonyl (C=O) groups is 1. The van der Waals surface area contributed by atoms with Crippen LogP contribution in [-0.2, 0) is 0 Å². The molecule has 0 unspecified atom stereocenters. The summed E-state index contributed by atoms with van der Waals surface area (Å²) in [5.41, 5.74) is 0.534. The minimum atomic E-state index is -1.23. The maximum Gasteiger partial charge on any atom is 0.338 e. The molecule has 0 aliphatic rings. The first-order valence-corrected chi connectivity index (χ1v) is 4.05. The molecule has 0 saturated carbocycles. The van der Waals surface area contributed by atoms with Gasteiger partial charge in [-0.05, 0) is 23.6 Å². The van der Waals surface area contributed by atoms with Crippen molar-refractivity contribution in [3.8, 4) is 0 Å². The van der Waals surface area contributed by atoms with Crippen molar-refractivity contribution in [1.82, 2.24) is 0 Å². The summed E-state index contributed by atoms with van der Waals surface area (Å²) in [4.78, 5) is 10.5. The molecular weight excluding hydrogens is 171 g/mol. The summed E-state index contributed by atoms with van der Waals surface area (Å²) in [5, 5.41) is 8.56. The fourth-order valence-corrected chi connectivity index (χ4v) is 1.06.